The van der Waals surface area contributed by atoms with E-state index in [4.69, 9.17) is 28.3 Å². The highest BCUT2D eigenvalue weighted by Crippen LogP contribution is 2.60. The number of carbonyl (C=O) groups is 2. The molecule has 1 saturated heterocycles. The smallest absolute Gasteiger partial charge is 0.497 e. The van der Waals surface area contributed by atoms with E-state index < -0.39 is 30.4 Å². The molecule has 3 aliphatic carbocycles. The van der Waals surface area contributed by atoms with Crippen LogP contribution in [0, 0.1) is 17.8 Å². The van der Waals surface area contributed by atoms with Crippen molar-refractivity contribution in [1.82, 2.24) is 0 Å². The maximum Gasteiger partial charge on any atom is 0.514 e. The molecule has 6 rings (SSSR count). The van der Waals surface area contributed by atoms with E-state index in [1.54, 1.807) is 27.9 Å². The largest absolute Gasteiger partial charge is 0.514 e. The Bertz CT molecular complexity index is 1430. The van der Waals surface area contributed by atoms with Gasteiger partial charge in [0.1, 0.15) is 22.5 Å². The van der Waals surface area contributed by atoms with E-state index in [2.05, 4.69) is 20.8 Å². The van der Waals surface area contributed by atoms with Crippen molar-refractivity contribution in [3.05, 3.63) is 53.1 Å². The molecule has 6 atom stereocenters. The van der Waals surface area contributed by atoms with Crippen LogP contribution in [0.4, 0.5) is 4.79 Å². The zero-order chi connectivity index (χ0) is 33.6. The molecule has 10 heteroatoms. The van der Waals surface area contributed by atoms with Crippen LogP contribution in [0.2, 0.25) is 5.82 Å². The second kappa shape index (κ2) is 13.1. The Morgan fingerprint density at radius 3 is 2.30 bits per heavy atom. The Hall–Kier alpha value is -2.69. The van der Waals surface area contributed by atoms with Crippen molar-refractivity contribution in [1.29, 1.82) is 0 Å². The minimum Gasteiger partial charge on any atom is -0.497 e. The van der Waals surface area contributed by atoms with Crippen LogP contribution in [0.5, 0.6) is 11.5 Å². The van der Waals surface area contributed by atoms with Crippen molar-refractivity contribution in [2.24, 2.45) is 17.8 Å². The van der Waals surface area contributed by atoms with Crippen LogP contribution in [0.15, 0.2) is 41.3 Å². The van der Waals surface area contributed by atoms with Crippen LogP contribution in [0.25, 0.3) is 0 Å². The second-order valence-corrected chi connectivity index (χ2v) is 16.3. The molecular weight excluding hydrogens is 603 g/mol. The summed E-state index contributed by atoms with van der Waals surface area (Å²) in [5.41, 5.74) is 0.0756. The molecule has 1 aliphatic heterocycles. The maximum absolute atomic E-state index is 13.9. The van der Waals surface area contributed by atoms with Crippen molar-refractivity contribution in [3.63, 3.8) is 0 Å². The third-order valence-corrected chi connectivity index (χ3v) is 10.6. The highest BCUT2D eigenvalue weighted by atomic mass is 32.2. The Labute approximate surface area is 278 Å². The van der Waals surface area contributed by atoms with Gasteiger partial charge in [-0.15, -0.1) is 11.8 Å². The lowest BCUT2D eigenvalue weighted by molar-refractivity contribution is -0.152. The van der Waals surface area contributed by atoms with E-state index in [-0.39, 0.29) is 28.8 Å². The average molecular weight is 653 g/mol. The van der Waals surface area contributed by atoms with Gasteiger partial charge >= 0.3 is 19.2 Å². The SMILES string of the molecule is COc1ccc(CSc2ccc(C[C@@H](C)B3O[C@@H]4C[C@@H]5C[C@@H](C5C)[C@]4(C)O3)c(OC(=O)OC(C)(C)C)c2C(=O)OC(C)(C)C)cc1. The van der Waals surface area contributed by atoms with Crippen molar-refractivity contribution < 1.29 is 37.8 Å². The summed E-state index contributed by atoms with van der Waals surface area (Å²) in [6, 6.07) is 11.6. The molecule has 2 bridgehead atoms. The van der Waals surface area contributed by atoms with E-state index in [9.17, 15) is 9.59 Å². The summed E-state index contributed by atoms with van der Waals surface area (Å²) < 4.78 is 35.9. The van der Waals surface area contributed by atoms with Crippen LogP contribution in [0.3, 0.4) is 0 Å². The van der Waals surface area contributed by atoms with Crippen LogP contribution in [0.1, 0.15) is 96.6 Å². The van der Waals surface area contributed by atoms with Gasteiger partial charge in [0.2, 0.25) is 0 Å². The van der Waals surface area contributed by atoms with E-state index in [1.165, 1.54) is 18.2 Å². The quantitative estimate of drug-likeness (QED) is 0.114. The van der Waals surface area contributed by atoms with Gasteiger partial charge in [0, 0.05) is 10.6 Å². The Morgan fingerprint density at radius 2 is 1.70 bits per heavy atom. The third-order valence-electron chi connectivity index (χ3n) is 9.43. The second-order valence-electron chi connectivity index (χ2n) is 15.3. The number of thioether (sulfide) groups is 1. The third kappa shape index (κ3) is 7.55. The van der Waals surface area contributed by atoms with E-state index in [0.717, 1.165) is 17.7 Å². The summed E-state index contributed by atoms with van der Waals surface area (Å²) in [5, 5.41) is 0. The molecule has 2 aromatic rings. The molecular formula is C36H49BO8S. The molecule has 46 heavy (non-hydrogen) atoms. The first-order valence-corrected chi connectivity index (χ1v) is 17.3. The summed E-state index contributed by atoms with van der Waals surface area (Å²) in [6.07, 6.45) is 1.86. The van der Waals surface area contributed by atoms with Gasteiger partial charge in [-0.2, -0.15) is 0 Å². The average Bonchev–Trinajstić information content (AvgIpc) is 3.32. The molecule has 8 nitrogen and oxygen atoms in total. The molecule has 250 valence electrons. The molecule has 4 fully saturated rings. The van der Waals surface area contributed by atoms with Gasteiger partial charge in [-0.3, -0.25) is 0 Å². The highest BCUT2D eigenvalue weighted by molar-refractivity contribution is 7.98. The first kappa shape index (κ1) is 34.6. The number of benzene rings is 2. The fourth-order valence-electron chi connectivity index (χ4n) is 6.95. The maximum atomic E-state index is 13.9. The minimum atomic E-state index is -0.885. The molecule has 0 spiro atoms. The summed E-state index contributed by atoms with van der Waals surface area (Å²) in [5.74, 6) is 2.68. The number of methoxy groups -OCH3 is 1. The van der Waals surface area contributed by atoms with E-state index in [0.29, 0.717) is 40.4 Å². The van der Waals surface area contributed by atoms with E-state index in [1.807, 2.05) is 57.2 Å². The van der Waals surface area contributed by atoms with E-state index >= 15 is 0 Å². The molecule has 1 unspecified atom stereocenters. The highest BCUT2D eigenvalue weighted by Gasteiger charge is 2.64. The summed E-state index contributed by atoms with van der Waals surface area (Å²) in [4.78, 5) is 27.7. The van der Waals surface area contributed by atoms with Gasteiger partial charge in [0.05, 0.1) is 18.8 Å². The molecule has 0 aromatic heterocycles. The van der Waals surface area contributed by atoms with Gasteiger partial charge < -0.3 is 28.3 Å². The van der Waals surface area contributed by atoms with Crippen molar-refractivity contribution >= 4 is 31.0 Å². The van der Waals surface area contributed by atoms with Crippen LogP contribution in [-0.2, 0) is 31.0 Å². The number of esters is 1. The zero-order valence-electron chi connectivity index (χ0n) is 28.9. The standard InChI is InChI=1S/C36H49BO8S/c1-21(37-44-29-19-25-18-27(22(25)2)36(29,9)45-37)17-24-13-16-28(46-20-23-11-14-26(40-10)15-12-23)30(32(38)42-34(3,4)5)31(24)41-33(39)43-35(6,7)8/h11-16,21-22,25,27,29H,17-20H2,1-10H3/t21-,22?,25+,27+,29-,36+/m1/s1. The topological polar surface area (TPSA) is 89.5 Å². The van der Waals surface area contributed by atoms with Gasteiger partial charge in [-0.05, 0) is 121 Å². The number of ether oxygens (including phenoxy) is 4. The number of rotatable bonds is 9. The molecule has 0 N–H and O–H groups in total. The fraction of sp³-hybridized carbons (Fsp3) is 0.611. The number of hydrogen-bond donors (Lipinski definition) is 0. The molecule has 1 heterocycles. The van der Waals surface area contributed by atoms with Crippen molar-refractivity contribution in [3.8, 4) is 11.5 Å². The van der Waals surface area contributed by atoms with Crippen LogP contribution < -0.4 is 9.47 Å². The monoisotopic (exact) mass is 652 g/mol. The lowest BCUT2D eigenvalue weighted by Crippen LogP contribution is -2.60. The fourth-order valence-corrected chi connectivity index (χ4v) is 7.95. The Balaban J connectivity index is 1.47. The normalized spacial score (nSPS) is 26.1. The predicted octanol–water partition coefficient (Wildman–Crippen LogP) is 8.53. The lowest BCUT2D eigenvalue weighted by Gasteiger charge is -2.58. The van der Waals surface area contributed by atoms with Crippen LogP contribution >= 0.6 is 11.8 Å². The Morgan fingerprint density at radius 1 is 1.02 bits per heavy atom. The first-order chi connectivity index (χ1) is 21.5. The minimum absolute atomic E-state index is 0.0754. The van der Waals surface area contributed by atoms with Gasteiger partial charge in [-0.25, -0.2) is 9.59 Å². The van der Waals surface area contributed by atoms with Gasteiger partial charge in [0.25, 0.3) is 0 Å². The Kier molecular flexibility index (Phi) is 9.85. The molecule has 3 saturated carbocycles. The lowest BCUT2D eigenvalue weighted by atomic mass is 9.51. The predicted molar refractivity (Wildman–Crippen MR) is 180 cm³/mol. The van der Waals surface area contributed by atoms with Crippen molar-refractivity contribution in [2.45, 2.75) is 121 Å². The first-order valence-electron chi connectivity index (χ1n) is 16.4. The van der Waals surface area contributed by atoms with Gasteiger partial charge in [-0.1, -0.05) is 32.0 Å². The molecule has 0 radical (unpaired) electrons. The molecule has 4 aliphatic rings. The zero-order valence-corrected chi connectivity index (χ0v) is 29.7. The molecule has 0 amide bonds. The summed E-state index contributed by atoms with van der Waals surface area (Å²) >= 11 is 1.47. The summed E-state index contributed by atoms with van der Waals surface area (Å²) in [6.45, 7) is 17.4. The number of carbonyl (C=O) groups excluding carboxylic acids is 2. The van der Waals surface area contributed by atoms with Crippen LogP contribution in [-0.4, -0.2) is 49.3 Å². The number of hydrogen-bond acceptors (Lipinski definition) is 9. The van der Waals surface area contributed by atoms with Crippen molar-refractivity contribution in [2.75, 3.05) is 7.11 Å². The van der Waals surface area contributed by atoms with Gasteiger partial charge in [0.15, 0.2) is 5.75 Å². The summed E-state index contributed by atoms with van der Waals surface area (Å²) in [7, 11) is 1.22. The molecule has 2 aromatic carbocycles.